The van der Waals surface area contributed by atoms with Gasteiger partial charge in [-0.15, -0.1) is 0 Å². The highest BCUT2D eigenvalue weighted by Gasteiger charge is 2.14. The molecule has 0 saturated heterocycles. The van der Waals surface area contributed by atoms with Crippen LogP contribution in [0.1, 0.15) is 11.1 Å². The molecule has 0 saturated carbocycles. The van der Waals surface area contributed by atoms with Crippen LogP contribution in [0.5, 0.6) is 23.0 Å². The lowest BCUT2D eigenvalue weighted by atomic mass is 10.1. The van der Waals surface area contributed by atoms with E-state index >= 15 is 0 Å². The van der Waals surface area contributed by atoms with Crippen LogP contribution in [0.15, 0.2) is 54.1 Å². The summed E-state index contributed by atoms with van der Waals surface area (Å²) in [5.74, 6) is 0.598. The smallest absolute Gasteiger partial charge is 0.262 e. The van der Waals surface area contributed by atoms with Crippen LogP contribution in [0.25, 0.3) is 6.08 Å². The van der Waals surface area contributed by atoms with Crippen LogP contribution in [0.3, 0.4) is 0 Å². The lowest BCUT2D eigenvalue weighted by Gasteiger charge is -2.05. The van der Waals surface area contributed by atoms with Gasteiger partial charge < -0.3 is 25.0 Å². The van der Waals surface area contributed by atoms with Crippen molar-refractivity contribution < 1.29 is 24.5 Å². The van der Waals surface area contributed by atoms with E-state index in [9.17, 15) is 20.3 Å². The number of nitrogens with zero attached hydrogens (tertiary/aromatic N) is 1. The van der Waals surface area contributed by atoms with Gasteiger partial charge in [-0.25, -0.2) is 0 Å². The second kappa shape index (κ2) is 7.97. The first kappa shape index (κ1) is 17.9. The van der Waals surface area contributed by atoms with Crippen molar-refractivity contribution in [2.24, 2.45) is 0 Å². The van der Waals surface area contributed by atoms with Crippen LogP contribution in [-0.2, 0) is 11.3 Å². The van der Waals surface area contributed by atoms with Crippen molar-refractivity contribution in [1.82, 2.24) is 5.32 Å². The first-order chi connectivity index (χ1) is 13.0. The molecule has 7 nitrogen and oxygen atoms in total. The minimum Gasteiger partial charge on any atom is -0.508 e. The minimum atomic E-state index is -0.515. The Hall–Kier alpha value is -3.92. The van der Waals surface area contributed by atoms with Gasteiger partial charge in [0, 0.05) is 12.6 Å². The molecular weight excluding hydrogens is 348 g/mol. The topological polar surface area (TPSA) is 112 Å². The van der Waals surface area contributed by atoms with E-state index in [2.05, 4.69) is 5.32 Å². The molecule has 0 aromatic heterocycles. The first-order valence-corrected chi connectivity index (χ1v) is 8.03. The number of rotatable bonds is 5. The number of ether oxygens (including phenoxy) is 2. The van der Waals surface area contributed by atoms with Gasteiger partial charge in [0.25, 0.3) is 5.91 Å². The van der Waals surface area contributed by atoms with Crippen molar-refractivity contribution in [3.8, 4) is 29.1 Å². The molecule has 3 N–H and O–H groups in total. The lowest BCUT2D eigenvalue weighted by Crippen LogP contribution is -2.23. The van der Waals surface area contributed by atoms with Crippen molar-refractivity contribution in [1.29, 1.82) is 5.26 Å². The van der Waals surface area contributed by atoms with Gasteiger partial charge in [0.2, 0.25) is 6.79 Å². The third-order valence-corrected chi connectivity index (χ3v) is 3.73. The van der Waals surface area contributed by atoms with Crippen LogP contribution in [-0.4, -0.2) is 22.9 Å². The van der Waals surface area contributed by atoms with Gasteiger partial charge in [0.15, 0.2) is 11.5 Å². The molecule has 3 rings (SSSR count). The standard InChI is InChI=1S/C20H16N2O5/c21-10-15(3-1-2-13-6-16(23)9-17(24)7-13)20(25)22-11-14-4-5-18-19(8-14)27-12-26-18/h1-9,23-24H,11-12H2,(H,22,25)/b2-1+,15-3+. The van der Waals surface area contributed by atoms with Gasteiger partial charge in [-0.1, -0.05) is 18.2 Å². The van der Waals surface area contributed by atoms with E-state index in [-0.39, 0.29) is 30.4 Å². The van der Waals surface area contributed by atoms with Crippen molar-refractivity contribution in [2.45, 2.75) is 6.54 Å². The number of hydrogen-bond acceptors (Lipinski definition) is 6. The van der Waals surface area contributed by atoms with Crippen LogP contribution in [0, 0.1) is 11.3 Å². The number of hydrogen-bond donors (Lipinski definition) is 3. The number of carbonyl (C=O) groups excluding carboxylic acids is 1. The molecule has 0 spiro atoms. The molecule has 0 atom stereocenters. The quantitative estimate of drug-likeness (QED) is 0.427. The SMILES string of the molecule is N#C/C(=C\C=C\c1cc(O)cc(O)c1)C(=O)NCc1ccc2c(c1)OCO2. The molecule has 27 heavy (non-hydrogen) atoms. The van der Waals surface area contributed by atoms with Crippen LogP contribution >= 0.6 is 0 Å². The van der Waals surface area contributed by atoms with Gasteiger partial charge in [-0.05, 0) is 41.5 Å². The predicted octanol–water partition coefficient (Wildman–Crippen LogP) is 2.61. The Morgan fingerprint density at radius 3 is 2.63 bits per heavy atom. The fourth-order valence-electron chi connectivity index (χ4n) is 2.46. The monoisotopic (exact) mass is 364 g/mol. The van der Waals surface area contributed by atoms with E-state index < -0.39 is 5.91 Å². The Morgan fingerprint density at radius 2 is 1.89 bits per heavy atom. The zero-order valence-corrected chi connectivity index (χ0v) is 14.2. The average molecular weight is 364 g/mol. The Balaban J connectivity index is 1.62. The fourth-order valence-corrected chi connectivity index (χ4v) is 2.46. The van der Waals surface area contributed by atoms with Crippen molar-refractivity contribution >= 4 is 12.0 Å². The summed E-state index contributed by atoms with van der Waals surface area (Å²) in [6.07, 6.45) is 4.41. The molecule has 1 aliphatic heterocycles. The minimum absolute atomic E-state index is 0.0728. The number of benzene rings is 2. The third-order valence-electron chi connectivity index (χ3n) is 3.73. The van der Waals surface area contributed by atoms with E-state index in [0.29, 0.717) is 17.1 Å². The van der Waals surface area contributed by atoms with E-state index in [4.69, 9.17) is 9.47 Å². The molecule has 7 heteroatoms. The van der Waals surface area contributed by atoms with Gasteiger partial charge in [0.1, 0.15) is 23.1 Å². The summed E-state index contributed by atoms with van der Waals surface area (Å²) in [5, 5.41) is 30.7. The molecule has 1 amide bonds. The molecule has 0 unspecified atom stereocenters. The molecular formula is C20H16N2O5. The van der Waals surface area contributed by atoms with Crippen molar-refractivity contribution in [2.75, 3.05) is 6.79 Å². The van der Waals surface area contributed by atoms with Crippen LogP contribution in [0.4, 0.5) is 0 Å². The highest BCUT2D eigenvalue weighted by Crippen LogP contribution is 2.32. The number of phenols is 2. The second-order valence-corrected chi connectivity index (χ2v) is 5.70. The lowest BCUT2D eigenvalue weighted by molar-refractivity contribution is -0.117. The van der Waals surface area contributed by atoms with Crippen molar-refractivity contribution in [3.05, 3.63) is 65.3 Å². The summed E-state index contributed by atoms with van der Waals surface area (Å²) >= 11 is 0. The number of phenolic OH excluding ortho intramolecular Hbond substituents is 2. The molecule has 0 fully saturated rings. The number of amides is 1. The second-order valence-electron chi connectivity index (χ2n) is 5.70. The maximum absolute atomic E-state index is 12.2. The summed E-state index contributed by atoms with van der Waals surface area (Å²) in [5.41, 5.74) is 1.27. The maximum atomic E-state index is 12.2. The number of fused-ring (bicyclic) bond motifs is 1. The molecule has 0 aliphatic carbocycles. The molecule has 1 aliphatic rings. The van der Waals surface area contributed by atoms with E-state index in [1.54, 1.807) is 24.3 Å². The van der Waals surface area contributed by atoms with Gasteiger partial charge in [-0.3, -0.25) is 4.79 Å². The average Bonchev–Trinajstić information content (AvgIpc) is 3.10. The summed E-state index contributed by atoms with van der Waals surface area (Å²) in [6, 6.07) is 11.3. The number of nitrogens with one attached hydrogen (secondary N) is 1. The Bertz CT molecular complexity index is 953. The number of nitriles is 1. The largest absolute Gasteiger partial charge is 0.508 e. The third kappa shape index (κ3) is 4.58. The van der Waals surface area contributed by atoms with Crippen LogP contribution < -0.4 is 14.8 Å². The van der Waals surface area contributed by atoms with E-state index in [1.165, 1.54) is 30.4 Å². The van der Waals surface area contributed by atoms with E-state index in [0.717, 1.165) is 5.56 Å². The Morgan fingerprint density at radius 1 is 1.15 bits per heavy atom. The first-order valence-electron chi connectivity index (χ1n) is 8.03. The molecule has 0 radical (unpaired) electrons. The Kier molecular flexibility index (Phi) is 5.28. The predicted molar refractivity (Wildman–Crippen MR) is 96.9 cm³/mol. The highest BCUT2D eigenvalue weighted by molar-refractivity contribution is 5.97. The fraction of sp³-hybridized carbons (Fsp3) is 0.100. The molecule has 2 aromatic rings. The molecule has 1 heterocycles. The zero-order chi connectivity index (χ0) is 19.2. The van der Waals surface area contributed by atoms with E-state index in [1.807, 2.05) is 6.07 Å². The number of aromatic hydroxyl groups is 2. The van der Waals surface area contributed by atoms with Crippen LogP contribution in [0.2, 0.25) is 0 Å². The number of carbonyl (C=O) groups is 1. The Labute approximate surface area is 155 Å². The van der Waals surface area contributed by atoms with Gasteiger partial charge >= 0.3 is 0 Å². The maximum Gasteiger partial charge on any atom is 0.262 e. The van der Waals surface area contributed by atoms with Crippen molar-refractivity contribution in [3.63, 3.8) is 0 Å². The normalized spacial score (nSPS) is 12.8. The molecule has 0 bridgehead atoms. The number of allylic oxidation sites excluding steroid dienone is 2. The van der Waals surface area contributed by atoms with Gasteiger partial charge in [0.05, 0.1) is 0 Å². The summed E-state index contributed by atoms with van der Waals surface area (Å²) in [6.45, 7) is 0.411. The highest BCUT2D eigenvalue weighted by atomic mass is 16.7. The molecule has 2 aromatic carbocycles. The summed E-state index contributed by atoms with van der Waals surface area (Å²) < 4.78 is 10.5. The molecule has 136 valence electrons. The summed E-state index contributed by atoms with van der Waals surface area (Å²) in [7, 11) is 0. The summed E-state index contributed by atoms with van der Waals surface area (Å²) in [4.78, 5) is 12.2. The zero-order valence-electron chi connectivity index (χ0n) is 14.2. The van der Waals surface area contributed by atoms with Gasteiger partial charge in [-0.2, -0.15) is 5.26 Å².